The number of hydrogen-bond acceptors (Lipinski definition) is 4. The van der Waals surface area contributed by atoms with Crippen molar-refractivity contribution in [3.8, 4) is 0 Å². The van der Waals surface area contributed by atoms with E-state index in [-0.39, 0.29) is 15.4 Å². The van der Waals surface area contributed by atoms with E-state index in [2.05, 4.69) is 11.6 Å². The molecular weight excluding hydrogens is 248 g/mol. The van der Waals surface area contributed by atoms with Crippen molar-refractivity contribution >= 4 is 23.1 Å². The number of nitro benzene ring substituents is 1. The third-order valence-electron chi connectivity index (χ3n) is 3.65. The van der Waals surface area contributed by atoms with Gasteiger partial charge in [0.25, 0.3) is 5.69 Å². The van der Waals surface area contributed by atoms with E-state index in [1.165, 1.54) is 19.3 Å². The molecule has 0 atom stereocenters. The fraction of sp³-hybridized carbons (Fsp3) is 0.538. The number of nitrogens with one attached hydrogen (secondary N) is 1. The van der Waals surface area contributed by atoms with Crippen molar-refractivity contribution in [1.29, 1.82) is 0 Å². The van der Waals surface area contributed by atoms with Gasteiger partial charge in [0.15, 0.2) is 0 Å². The first-order valence-electron chi connectivity index (χ1n) is 6.10. The number of nitro groups is 1. The summed E-state index contributed by atoms with van der Waals surface area (Å²) in [5.41, 5.74) is 1.84. The van der Waals surface area contributed by atoms with Crippen molar-refractivity contribution in [3.63, 3.8) is 0 Å². The van der Waals surface area contributed by atoms with Crippen LogP contribution >= 0.6 is 11.8 Å². The molecule has 1 N–H and O–H groups in total. The third-order valence-corrected chi connectivity index (χ3v) is 5.07. The van der Waals surface area contributed by atoms with E-state index in [4.69, 9.17) is 0 Å². The van der Waals surface area contributed by atoms with Crippen LogP contribution in [-0.2, 0) is 0 Å². The van der Waals surface area contributed by atoms with E-state index in [0.717, 1.165) is 12.1 Å². The molecule has 0 radical (unpaired) electrons. The van der Waals surface area contributed by atoms with Gasteiger partial charge in [0, 0.05) is 17.4 Å². The summed E-state index contributed by atoms with van der Waals surface area (Å²) in [5.74, 6) is 0. The molecule has 1 aliphatic rings. The molecule has 1 aromatic rings. The molecule has 0 aliphatic heterocycles. The van der Waals surface area contributed by atoms with Crippen molar-refractivity contribution in [2.24, 2.45) is 0 Å². The largest absolute Gasteiger partial charge is 0.378 e. The Balaban J connectivity index is 2.12. The molecule has 1 aromatic carbocycles. The van der Waals surface area contributed by atoms with Gasteiger partial charge in [0.1, 0.15) is 5.69 Å². The quantitative estimate of drug-likeness (QED) is 0.653. The Morgan fingerprint density at radius 1 is 1.50 bits per heavy atom. The highest BCUT2D eigenvalue weighted by Crippen LogP contribution is 2.43. The van der Waals surface area contributed by atoms with Crippen molar-refractivity contribution in [2.75, 3.05) is 18.1 Å². The number of anilines is 1. The molecule has 0 aromatic heterocycles. The van der Waals surface area contributed by atoms with Gasteiger partial charge in [-0.15, -0.1) is 0 Å². The first-order chi connectivity index (χ1) is 8.56. The van der Waals surface area contributed by atoms with Gasteiger partial charge in [0.05, 0.1) is 4.92 Å². The molecule has 1 fully saturated rings. The summed E-state index contributed by atoms with van der Waals surface area (Å²) in [6.07, 6.45) is 5.77. The molecular formula is C13H18N2O2S. The first kappa shape index (κ1) is 13.2. The highest BCUT2D eigenvalue weighted by atomic mass is 32.2. The zero-order chi connectivity index (χ0) is 13.2. The molecule has 0 amide bonds. The first-order valence-corrected chi connectivity index (χ1v) is 7.33. The Kier molecular flexibility index (Phi) is 3.80. The molecule has 18 heavy (non-hydrogen) atoms. The Labute approximate surface area is 111 Å². The predicted molar refractivity (Wildman–Crippen MR) is 76.4 cm³/mol. The second-order valence-electron chi connectivity index (χ2n) is 4.87. The van der Waals surface area contributed by atoms with E-state index in [0.29, 0.717) is 5.69 Å². The highest BCUT2D eigenvalue weighted by Gasteiger charge is 2.36. The fourth-order valence-corrected chi connectivity index (χ4v) is 3.14. The van der Waals surface area contributed by atoms with Crippen LogP contribution in [0.4, 0.5) is 11.4 Å². The van der Waals surface area contributed by atoms with Gasteiger partial charge in [0.2, 0.25) is 0 Å². The van der Waals surface area contributed by atoms with E-state index < -0.39 is 0 Å². The summed E-state index contributed by atoms with van der Waals surface area (Å²) >= 11 is 1.86. The molecule has 98 valence electrons. The van der Waals surface area contributed by atoms with Gasteiger partial charge in [-0.25, -0.2) is 0 Å². The van der Waals surface area contributed by atoms with Crippen LogP contribution < -0.4 is 5.32 Å². The zero-order valence-electron chi connectivity index (χ0n) is 10.7. The molecule has 1 aliphatic carbocycles. The lowest BCUT2D eigenvalue weighted by Crippen LogP contribution is -2.40. The number of nitrogens with zero attached hydrogens (tertiary/aromatic N) is 1. The average Bonchev–Trinajstić information content (AvgIpc) is 2.28. The minimum absolute atomic E-state index is 0.163. The molecule has 0 spiro atoms. The third kappa shape index (κ3) is 2.61. The minimum Gasteiger partial charge on any atom is -0.378 e. The molecule has 0 saturated heterocycles. The fourth-order valence-electron chi connectivity index (χ4n) is 2.23. The van der Waals surface area contributed by atoms with Gasteiger partial charge in [-0.05, 0) is 37.7 Å². The lowest BCUT2D eigenvalue weighted by molar-refractivity contribution is -0.384. The van der Waals surface area contributed by atoms with Crippen LogP contribution in [0.1, 0.15) is 24.8 Å². The lowest BCUT2D eigenvalue weighted by atomic mass is 9.84. The van der Waals surface area contributed by atoms with Crippen LogP contribution in [-0.4, -0.2) is 22.5 Å². The topological polar surface area (TPSA) is 55.2 Å². The van der Waals surface area contributed by atoms with Crippen LogP contribution in [0, 0.1) is 17.0 Å². The summed E-state index contributed by atoms with van der Waals surface area (Å²) in [7, 11) is 0. The van der Waals surface area contributed by atoms with Gasteiger partial charge < -0.3 is 5.32 Å². The normalized spacial score (nSPS) is 17.0. The van der Waals surface area contributed by atoms with Crippen LogP contribution in [0.15, 0.2) is 18.2 Å². The number of aryl methyl sites for hydroxylation is 1. The minimum atomic E-state index is -0.325. The van der Waals surface area contributed by atoms with Crippen LogP contribution in [0.2, 0.25) is 0 Å². The molecule has 4 nitrogen and oxygen atoms in total. The van der Waals surface area contributed by atoms with Crippen molar-refractivity contribution in [2.45, 2.75) is 30.9 Å². The summed E-state index contributed by atoms with van der Waals surface area (Å²) in [6.45, 7) is 2.75. The van der Waals surface area contributed by atoms with Gasteiger partial charge in [-0.3, -0.25) is 10.1 Å². The van der Waals surface area contributed by atoms with Crippen molar-refractivity contribution in [1.82, 2.24) is 0 Å². The lowest BCUT2D eigenvalue weighted by Gasteiger charge is -2.40. The predicted octanol–water partition coefficient (Wildman–Crippen LogP) is 3.60. The number of benzene rings is 1. The van der Waals surface area contributed by atoms with Gasteiger partial charge in [-0.2, -0.15) is 11.8 Å². The van der Waals surface area contributed by atoms with Crippen molar-refractivity contribution < 1.29 is 4.92 Å². The van der Waals surface area contributed by atoms with E-state index in [9.17, 15) is 10.1 Å². The second kappa shape index (κ2) is 5.18. The second-order valence-corrected chi connectivity index (χ2v) is 6.15. The summed E-state index contributed by atoms with van der Waals surface area (Å²) in [5, 5.41) is 14.2. The van der Waals surface area contributed by atoms with Gasteiger partial charge >= 0.3 is 0 Å². The van der Waals surface area contributed by atoms with Crippen LogP contribution in [0.5, 0.6) is 0 Å². The zero-order valence-corrected chi connectivity index (χ0v) is 11.5. The van der Waals surface area contributed by atoms with E-state index in [1.807, 2.05) is 24.8 Å². The van der Waals surface area contributed by atoms with Crippen LogP contribution in [0.25, 0.3) is 0 Å². The maximum atomic E-state index is 11.0. The van der Waals surface area contributed by atoms with Crippen molar-refractivity contribution in [3.05, 3.63) is 33.9 Å². The molecule has 2 rings (SSSR count). The molecule has 0 heterocycles. The monoisotopic (exact) mass is 266 g/mol. The number of thioether (sulfide) groups is 1. The summed E-state index contributed by atoms with van der Waals surface area (Å²) < 4.78 is 0.275. The maximum Gasteiger partial charge on any atom is 0.292 e. The Bertz CT molecular complexity index is 453. The number of hydrogen-bond donors (Lipinski definition) is 1. The van der Waals surface area contributed by atoms with E-state index in [1.54, 1.807) is 12.1 Å². The van der Waals surface area contributed by atoms with Gasteiger partial charge in [-0.1, -0.05) is 12.5 Å². The average molecular weight is 266 g/mol. The van der Waals surface area contributed by atoms with E-state index >= 15 is 0 Å². The standard InChI is InChI=1S/C13H18N2O2S/c1-10-4-5-12(15(16)17)11(8-10)14-9-13(18-2)6-3-7-13/h4-5,8,14H,3,6-7,9H2,1-2H3. The molecule has 1 saturated carbocycles. The molecule has 0 unspecified atom stereocenters. The molecule has 0 bridgehead atoms. The Morgan fingerprint density at radius 2 is 2.22 bits per heavy atom. The smallest absolute Gasteiger partial charge is 0.292 e. The SMILES string of the molecule is CSC1(CNc2cc(C)ccc2[N+](=O)[O-])CCC1. The maximum absolute atomic E-state index is 11.0. The highest BCUT2D eigenvalue weighted by molar-refractivity contribution is 8.00. The molecule has 5 heteroatoms. The van der Waals surface area contributed by atoms with Crippen LogP contribution in [0.3, 0.4) is 0 Å². The summed E-state index contributed by atoms with van der Waals surface area (Å²) in [4.78, 5) is 10.6. The Morgan fingerprint density at radius 3 is 2.72 bits per heavy atom. The Hall–Kier alpha value is -1.23. The number of rotatable bonds is 5. The summed E-state index contributed by atoms with van der Waals surface area (Å²) in [6, 6.07) is 5.20.